The molecular formula is C13H16ClF2NO2. The number of rotatable bonds is 8. The summed E-state index contributed by atoms with van der Waals surface area (Å²) in [5, 5.41) is 3.16. The van der Waals surface area contributed by atoms with Crippen molar-refractivity contribution in [3.8, 4) is 5.75 Å². The SMILES string of the molecule is C=C(Cl)COc1c(F)cc(CNCCOC)cc1F. The number of hydrogen-bond donors (Lipinski definition) is 1. The van der Waals surface area contributed by atoms with E-state index >= 15 is 0 Å². The topological polar surface area (TPSA) is 30.5 Å². The quantitative estimate of drug-likeness (QED) is 0.747. The van der Waals surface area contributed by atoms with Gasteiger partial charge in [0, 0.05) is 25.2 Å². The van der Waals surface area contributed by atoms with Crippen molar-refractivity contribution >= 4 is 11.6 Å². The van der Waals surface area contributed by atoms with E-state index in [0.717, 1.165) is 0 Å². The predicted octanol–water partition coefficient (Wildman–Crippen LogP) is 2.83. The predicted molar refractivity (Wildman–Crippen MR) is 70.4 cm³/mol. The van der Waals surface area contributed by atoms with Crippen LogP contribution in [-0.2, 0) is 11.3 Å². The van der Waals surface area contributed by atoms with E-state index in [9.17, 15) is 8.78 Å². The molecule has 19 heavy (non-hydrogen) atoms. The second kappa shape index (κ2) is 8.09. The molecule has 0 aliphatic rings. The molecule has 0 radical (unpaired) electrons. The number of methoxy groups -OCH3 is 1. The fraction of sp³-hybridized carbons (Fsp3) is 0.385. The van der Waals surface area contributed by atoms with Crippen molar-refractivity contribution in [2.45, 2.75) is 6.54 Å². The lowest BCUT2D eigenvalue weighted by molar-refractivity contribution is 0.199. The van der Waals surface area contributed by atoms with Crippen LogP contribution >= 0.6 is 11.6 Å². The van der Waals surface area contributed by atoms with Crippen molar-refractivity contribution in [1.82, 2.24) is 5.32 Å². The molecule has 0 aromatic heterocycles. The molecule has 0 unspecified atom stereocenters. The minimum Gasteiger partial charge on any atom is -0.482 e. The van der Waals surface area contributed by atoms with Gasteiger partial charge in [0.1, 0.15) is 6.61 Å². The van der Waals surface area contributed by atoms with Crippen LogP contribution in [0.3, 0.4) is 0 Å². The number of benzene rings is 1. The summed E-state index contributed by atoms with van der Waals surface area (Å²) >= 11 is 5.48. The molecule has 0 saturated heterocycles. The van der Waals surface area contributed by atoms with Crippen molar-refractivity contribution in [2.24, 2.45) is 0 Å². The van der Waals surface area contributed by atoms with Crippen LogP contribution in [0.4, 0.5) is 8.78 Å². The van der Waals surface area contributed by atoms with Gasteiger partial charge in [-0.05, 0) is 17.7 Å². The molecule has 0 atom stereocenters. The number of nitrogens with one attached hydrogen (secondary N) is 1. The van der Waals surface area contributed by atoms with Gasteiger partial charge in [-0.1, -0.05) is 18.2 Å². The Morgan fingerprint density at radius 2 is 2.00 bits per heavy atom. The van der Waals surface area contributed by atoms with Crippen molar-refractivity contribution < 1.29 is 18.3 Å². The lowest BCUT2D eigenvalue weighted by Gasteiger charge is -2.10. The van der Waals surface area contributed by atoms with Gasteiger partial charge >= 0.3 is 0 Å². The molecule has 0 bridgehead atoms. The zero-order valence-corrected chi connectivity index (χ0v) is 11.4. The second-order valence-electron chi connectivity index (χ2n) is 3.86. The summed E-state index contributed by atoms with van der Waals surface area (Å²) in [7, 11) is 1.58. The van der Waals surface area contributed by atoms with Gasteiger partial charge in [0.05, 0.1) is 6.61 Å². The van der Waals surface area contributed by atoms with E-state index in [1.807, 2.05) is 0 Å². The van der Waals surface area contributed by atoms with E-state index in [-0.39, 0.29) is 11.6 Å². The molecule has 1 aromatic carbocycles. The monoisotopic (exact) mass is 291 g/mol. The average Bonchev–Trinajstić information content (AvgIpc) is 2.33. The highest BCUT2D eigenvalue weighted by Gasteiger charge is 2.12. The Morgan fingerprint density at radius 3 is 2.53 bits per heavy atom. The zero-order valence-electron chi connectivity index (χ0n) is 10.6. The van der Waals surface area contributed by atoms with Gasteiger partial charge in [-0.3, -0.25) is 0 Å². The lowest BCUT2D eigenvalue weighted by Crippen LogP contribution is -2.18. The van der Waals surface area contributed by atoms with E-state index in [4.69, 9.17) is 21.1 Å². The first kappa shape index (κ1) is 15.9. The van der Waals surface area contributed by atoms with Crippen LogP contribution in [0.2, 0.25) is 0 Å². The normalized spacial score (nSPS) is 10.5. The van der Waals surface area contributed by atoms with Crippen molar-refractivity contribution in [1.29, 1.82) is 0 Å². The van der Waals surface area contributed by atoms with Gasteiger partial charge in [-0.15, -0.1) is 0 Å². The van der Waals surface area contributed by atoms with Gasteiger partial charge in [0.2, 0.25) is 0 Å². The first-order chi connectivity index (χ1) is 9.04. The number of hydrogen-bond acceptors (Lipinski definition) is 3. The highest BCUT2D eigenvalue weighted by Crippen LogP contribution is 2.24. The molecule has 3 nitrogen and oxygen atoms in total. The highest BCUT2D eigenvalue weighted by molar-refractivity contribution is 6.29. The third-order valence-electron chi connectivity index (χ3n) is 2.24. The van der Waals surface area contributed by atoms with Gasteiger partial charge < -0.3 is 14.8 Å². The maximum Gasteiger partial charge on any atom is 0.191 e. The van der Waals surface area contributed by atoms with Crippen LogP contribution in [0, 0.1) is 11.6 Å². The van der Waals surface area contributed by atoms with Crippen LogP contribution in [0.25, 0.3) is 0 Å². The molecule has 1 N–H and O–H groups in total. The molecular weight excluding hydrogens is 276 g/mol. The summed E-state index contributed by atoms with van der Waals surface area (Å²) < 4.78 is 37.0. The molecule has 1 aromatic rings. The Hall–Kier alpha value is -1.17. The van der Waals surface area contributed by atoms with Crippen LogP contribution < -0.4 is 10.1 Å². The fourth-order valence-electron chi connectivity index (χ4n) is 1.41. The van der Waals surface area contributed by atoms with Crippen LogP contribution in [-0.4, -0.2) is 26.9 Å². The summed E-state index contributed by atoms with van der Waals surface area (Å²) in [4.78, 5) is 0. The summed E-state index contributed by atoms with van der Waals surface area (Å²) in [6, 6.07) is 2.43. The third-order valence-corrected chi connectivity index (χ3v) is 2.35. The zero-order chi connectivity index (χ0) is 14.3. The van der Waals surface area contributed by atoms with Crippen LogP contribution in [0.5, 0.6) is 5.75 Å². The Kier molecular flexibility index (Phi) is 6.77. The summed E-state index contributed by atoms with van der Waals surface area (Å²) in [5.74, 6) is -1.97. The van der Waals surface area contributed by atoms with Crippen molar-refractivity contribution in [3.63, 3.8) is 0 Å². The maximum atomic E-state index is 13.6. The molecule has 1 rings (SSSR count). The third kappa shape index (κ3) is 5.55. The smallest absolute Gasteiger partial charge is 0.191 e. The van der Waals surface area contributed by atoms with E-state index in [1.165, 1.54) is 12.1 Å². The number of halogens is 3. The minimum absolute atomic E-state index is 0.138. The molecule has 0 aliphatic heterocycles. The lowest BCUT2D eigenvalue weighted by atomic mass is 10.2. The van der Waals surface area contributed by atoms with Crippen LogP contribution in [0.15, 0.2) is 23.7 Å². The largest absolute Gasteiger partial charge is 0.482 e. The standard InChI is InChI=1S/C13H16ClF2NO2/c1-9(14)8-19-13-11(15)5-10(6-12(13)16)7-17-3-4-18-2/h5-6,17H,1,3-4,7-8H2,2H3. The van der Waals surface area contributed by atoms with E-state index in [0.29, 0.717) is 25.3 Å². The van der Waals surface area contributed by atoms with Crippen LogP contribution in [0.1, 0.15) is 5.56 Å². The van der Waals surface area contributed by atoms with Gasteiger partial charge in [0.15, 0.2) is 17.4 Å². The van der Waals surface area contributed by atoms with E-state index in [2.05, 4.69) is 11.9 Å². The van der Waals surface area contributed by atoms with E-state index < -0.39 is 17.4 Å². The van der Waals surface area contributed by atoms with Gasteiger partial charge in [-0.25, -0.2) is 8.78 Å². The van der Waals surface area contributed by atoms with Gasteiger partial charge in [-0.2, -0.15) is 0 Å². The fourth-order valence-corrected chi connectivity index (χ4v) is 1.46. The molecule has 0 saturated carbocycles. The molecule has 0 amide bonds. The Bertz CT molecular complexity index is 418. The van der Waals surface area contributed by atoms with Crippen molar-refractivity contribution in [2.75, 3.05) is 26.9 Å². The molecule has 6 heteroatoms. The first-order valence-corrected chi connectivity index (χ1v) is 6.06. The number of ether oxygens (including phenoxy) is 2. The summed E-state index contributed by atoms with van der Waals surface area (Å²) in [5.41, 5.74) is 0.489. The molecule has 0 aliphatic carbocycles. The van der Waals surface area contributed by atoms with Gasteiger partial charge in [0.25, 0.3) is 0 Å². The molecule has 0 fully saturated rings. The Morgan fingerprint density at radius 1 is 1.37 bits per heavy atom. The average molecular weight is 292 g/mol. The highest BCUT2D eigenvalue weighted by atomic mass is 35.5. The Balaban J connectivity index is 2.65. The molecule has 106 valence electrons. The van der Waals surface area contributed by atoms with E-state index in [1.54, 1.807) is 7.11 Å². The van der Waals surface area contributed by atoms with Crippen molar-refractivity contribution in [3.05, 3.63) is 40.9 Å². The summed E-state index contributed by atoms with van der Waals surface area (Å²) in [6.45, 7) is 4.72. The maximum absolute atomic E-state index is 13.6. The Labute approximate surface area is 116 Å². The first-order valence-electron chi connectivity index (χ1n) is 5.68. The second-order valence-corrected chi connectivity index (χ2v) is 4.40. The summed E-state index contributed by atoms with van der Waals surface area (Å²) in [6.07, 6.45) is 0. The molecule has 0 heterocycles. The molecule has 0 spiro atoms. The minimum atomic E-state index is -0.763.